The van der Waals surface area contributed by atoms with Crippen molar-refractivity contribution in [2.24, 2.45) is 4.99 Å². The predicted octanol–water partition coefficient (Wildman–Crippen LogP) is 35.8. The summed E-state index contributed by atoms with van der Waals surface area (Å²) < 4.78 is 30.6. The Labute approximate surface area is 916 Å². The number of rotatable bonds is 33. The molecule has 5 aromatic heterocycles. The van der Waals surface area contributed by atoms with Crippen LogP contribution in [-0.4, -0.2) is 117 Å². The molecule has 0 aliphatic carbocycles. The van der Waals surface area contributed by atoms with E-state index >= 15 is 0 Å². The SMILES string of the molecule is C=Cc1ccc(CSc2cc(NCC)[nH]n2)cc1.C=Cc1ccccc1.C=Cc1ccccc1.C=Cc1ccccc1.C=Cc1ccccc1.C=Cc1ccccc1.C=Cc1ccccc1.C=Cc1ccccc1.C=Cc1ccccc1.C=Cc1ccccc1.CC=Nc1nnc(SCC)s1.CCSc1nc(SCC)nc(SCC)n1.CCSc1nnc(NS(=O)(=O)c2ccc(C)cc2)s1.CCSc1nnc(SCC)s1. The van der Waals surface area contributed by atoms with Gasteiger partial charge in [-0.05, 0) is 134 Å². The molecule has 0 spiro atoms. The standard InChI is InChI=1S/C14H17N3S.C11H13N3O2S3.C9H15N3S3.9C8H8.C6H9N3S2.C6H10N2S3/c1-3-11-5-7-12(8-6-11)10-18-14-9-13(15-4-2)16-17-14;1-3-17-11-13-12-10(18-11)14-19(15,16)9-6-4-8(2)5-7-9;1-4-13-7-10-8(14-5-2)12-9(11-7)15-6-3;9*1-2-8-6-4-3-5-7-8;1-3-7-5-8-9-6(11-5)10-4-2;1-3-9-5-7-8-6(11-5)10-4-2/h3,5-9H,1,4,10H2,2H3,(H2,15,16,17);4-7H,3H2,1-2H3,(H,12,14);4-6H2,1-3H3;9*2-7H,1H2;3H,4H2,1-2H3;3-4H2,1-2H3. The van der Waals surface area contributed by atoms with E-state index in [9.17, 15) is 8.42 Å². The van der Waals surface area contributed by atoms with E-state index in [1.54, 1.807) is 124 Å². The quantitative estimate of drug-likeness (QED) is 0.0257. The molecule has 5 heterocycles. The number of nitrogens with one attached hydrogen (secondary N) is 3. The number of sulfonamides is 1. The minimum absolute atomic E-state index is 0.220. The number of benzene rings is 11. The number of aromatic amines is 1. The summed E-state index contributed by atoms with van der Waals surface area (Å²) in [6.45, 7) is 57.8. The van der Waals surface area contributed by atoms with E-state index in [1.807, 2.05) is 361 Å². The van der Waals surface area contributed by atoms with Crippen molar-refractivity contribution in [2.45, 2.75) is 118 Å². The summed E-state index contributed by atoms with van der Waals surface area (Å²) in [7, 11) is -3.58. The lowest BCUT2D eigenvalue weighted by atomic mass is 10.1. The Balaban J connectivity index is 0.000000409. The van der Waals surface area contributed by atoms with Crippen LogP contribution in [0.15, 0.2) is 441 Å². The second-order valence-electron chi connectivity index (χ2n) is 28.0. The molecule has 3 N–H and O–H groups in total. The van der Waals surface area contributed by atoms with Gasteiger partial charge >= 0.3 is 0 Å². The first-order chi connectivity index (χ1) is 71.2. The fourth-order valence-electron chi connectivity index (χ4n) is 10.2. The molecule has 16 nitrogen and oxygen atoms in total. The molecule has 0 aliphatic heterocycles. The molecule has 16 aromatic rings. The largest absolute Gasteiger partial charge is 0.371 e. The topological polar surface area (TPSA) is 215 Å². The average molecular weight is 2170 g/mol. The van der Waals surface area contributed by atoms with E-state index in [4.69, 9.17) is 0 Å². The fraction of sp³-hybridized carbons (Fsp3) is 0.161. The molecule has 0 saturated heterocycles. The van der Waals surface area contributed by atoms with Crippen LogP contribution >= 0.6 is 128 Å². The number of thioether (sulfide) groups is 8. The van der Waals surface area contributed by atoms with E-state index in [0.29, 0.717) is 0 Å². The minimum atomic E-state index is -3.58. The lowest BCUT2D eigenvalue weighted by molar-refractivity contribution is 0.601. The first-order valence-corrected chi connectivity index (χ1v) is 58.5. The van der Waals surface area contributed by atoms with Gasteiger partial charge in [0, 0.05) is 24.6 Å². The molecular weight excluding hydrogens is 2030 g/mol. The van der Waals surface area contributed by atoms with Crippen molar-refractivity contribution in [2.75, 3.05) is 56.9 Å². The van der Waals surface area contributed by atoms with Gasteiger partial charge in [-0.3, -0.25) is 9.82 Å². The van der Waals surface area contributed by atoms with Gasteiger partial charge < -0.3 is 5.32 Å². The number of hydrogen-bond donors (Lipinski definition) is 3. The fourth-order valence-corrected chi connectivity index (χ4v) is 20.2. The Bertz CT molecular complexity index is 5550. The third-order valence-electron chi connectivity index (χ3n) is 17.3. The monoisotopic (exact) mass is 2160 g/mol. The summed E-state index contributed by atoms with van der Waals surface area (Å²) in [6, 6.07) is 107. The number of aryl methyl sites for hydroxylation is 1. The van der Waals surface area contributed by atoms with Gasteiger partial charge in [0.2, 0.25) is 10.3 Å². The first kappa shape index (κ1) is 128. The van der Waals surface area contributed by atoms with Crippen molar-refractivity contribution in [3.63, 3.8) is 0 Å². The number of hydrogen-bond acceptors (Lipinski definition) is 25. The molecule has 0 bridgehead atoms. The molecule has 0 aliphatic rings. The van der Waals surface area contributed by atoms with Crippen LogP contribution in [0.3, 0.4) is 0 Å². The van der Waals surface area contributed by atoms with E-state index in [2.05, 4.69) is 209 Å². The van der Waals surface area contributed by atoms with Crippen molar-refractivity contribution in [3.8, 4) is 0 Å². The van der Waals surface area contributed by atoms with Gasteiger partial charge in [-0.15, -0.1) is 30.6 Å². The maximum atomic E-state index is 12.1. The molecule has 0 fully saturated rings. The summed E-state index contributed by atoms with van der Waals surface area (Å²) >= 11 is 17.9. The first-order valence-electron chi connectivity index (χ1n) is 46.7. The Hall–Kier alpha value is -12.3. The number of anilines is 2. The lowest BCUT2D eigenvalue weighted by Crippen LogP contribution is -2.12. The third-order valence-corrected chi connectivity index (χ3v) is 28.6. The van der Waals surface area contributed by atoms with Crippen LogP contribution in [-0.2, 0) is 15.8 Å². The lowest BCUT2D eigenvalue weighted by Gasteiger charge is -2.04. The van der Waals surface area contributed by atoms with E-state index < -0.39 is 10.0 Å². The number of aromatic nitrogens is 11. The van der Waals surface area contributed by atoms with Gasteiger partial charge in [-0.25, -0.2) is 13.4 Å². The van der Waals surface area contributed by atoms with Gasteiger partial charge in [0.05, 0.1) is 4.90 Å². The third kappa shape index (κ3) is 61.9. The van der Waals surface area contributed by atoms with Gasteiger partial charge in [0.25, 0.3) is 10.0 Å². The molecular formula is C118H136N14O2S12. The Morgan fingerprint density at radius 1 is 0.322 bits per heavy atom. The zero-order valence-corrected chi connectivity index (χ0v) is 94.9. The van der Waals surface area contributed by atoms with Gasteiger partial charge in [-0.1, -0.05) is 618 Å². The second kappa shape index (κ2) is 84.9. The van der Waals surface area contributed by atoms with Crippen molar-refractivity contribution in [3.05, 3.63) is 460 Å². The normalized spacial score (nSPS) is 9.66. The summed E-state index contributed by atoms with van der Waals surface area (Å²) in [4.78, 5) is 17.4. The Morgan fingerprint density at radius 3 is 0.856 bits per heavy atom. The van der Waals surface area contributed by atoms with E-state index in [0.717, 1.165) is 112 Å². The Kier molecular flexibility index (Phi) is 74.4. The number of nitrogens with zero attached hydrogens (tertiary/aromatic N) is 11. The van der Waals surface area contributed by atoms with Crippen LogP contribution in [0.2, 0.25) is 0 Å². The Morgan fingerprint density at radius 2 is 0.589 bits per heavy atom. The molecule has 0 unspecified atom stereocenters. The molecule has 0 saturated carbocycles. The van der Waals surface area contributed by atoms with Crippen LogP contribution in [0.5, 0.6) is 0 Å². The highest BCUT2D eigenvalue weighted by atomic mass is 32.2. The highest BCUT2D eigenvalue weighted by Gasteiger charge is 2.17. The zero-order chi connectivity index (χ0) is 106. The minimum Gasteiger partial charge on any atom is -0.371 e. The zero-order valence-electron chi connectivity index (χ0n) is 85.1. The summed E-state index contributed by atoms with van der Waals surface area (Å²) in [5, 5.41) is 38.6. The van der Waals surface area contributed by atoms with Crippen molar-refractivity contribution in [1.29, 1.82) is 0 Å². The van der Waals surface area contributed by atoms with Gasteiger partial charge in [0.15, 0.2) is 32.8 Å². The number of aliphatic imine (C=N–C) groups is 1. The number of H-pyrrole nitrogens is 1. The van der Waals surface area contributed by atoms with Gasteiger partial charge in [0.1, 0.15) is 10.8 Å². The van der Waals surface area contributed by atoms with Crippen molar-refractivity contribution in [1.82, 2.24) is 55.7 Å². The predicted molar refractivity (Wildman–Crippen MR) is 658 cm³/mol. The second-order valence-corrected chi connectivity index (χ2v) is 43.3. The molecule has 11 aromatic carbocycles. The van der Waals surface area contributed by atoms with Crippen LogP contribution in [0.25, 0.3) is 60.8 Å². The van der Waals surface area contributed by atoms with Crippen molar-refractivity contribution >= 4 is 221 Å². The van der Waals surface area contributed by atoms with E-state index in [-0.39, 0.29) is 10.0 Å². The molecule has 146 heavy (non-hydrogen) atoms. The molecule has 0 amide bonds. The average Bonchev–Trinajstić information content (AvgIpc) is 1.57. The van der Waals surface area contributed by atoms with Crippen LogP contribution in [0, 0.1) is 6.92 Å². The van der Waals surface area contributed by atoms with Crippen LogP contribution in [0.1, 0.15) is 129 Å². The highest BCUT2D eigenvalue weighted by Crippen LogP contribution is 2.31. The van der Waals surface area contributed by atoms with Gasteiger partial charge in [-0.2, -0.15) is 20.1 Å². The molecule has 28 heteroatoms. The summed E-state index contributed by atoms with van der Waals surface area (Å²) in [5.41, 5.74) is 14.0. The van der Waals surface area contributed by atoms with Crippen molar-refractivity contribution < 1.29 is 8.42 Å². The summed E-state index contributed by atoms with van der Waals surface area (Å²) in [6.07, 6.45) is 20.1. The van der Waals surface area contributed by atoms with Crippen LogP contribution < -0.4 is 10.0 Å². The summed E-state index contributed by atoms with van der Waals surface area (Å²) in [5.74, 6) is 8.94. The molecule has 0 atom stereocenters. The smallest absolute Gasteiger partial charge is 0.263 e. The maximum Gasteiger partial charge on any atom is 0.263 e. The maximum absolute atomic E-state index is 12.1. The molecule has 16 rings (SSSR count). The molecule has 0 radical (unpaired) electrons. The highest BCUT2D eigenvalue weighted by molar-refractivity contribution is 8.03. The molecule has 762 valence electrons. The van der Waals surface area contributed by atoms with E-state index in [1.165, 1.54) is 90.1 Å². The van der Waals surface area contributed by atoms with Crippen LogP contribution in [0.4, 0.5) is 16.1 Å².